The monoisotopic (exact) mass is 757 g/mol. The average Bonchev–Trinajstić information content (AvgIpc) is 3.13. The van der Waals surface area contributed by atoms with Gasteiger partial charge in [-0.2, -0.15) is 0 Å². The van der Waals surface area contributed by atoms with E-state index in [1.807, 2.05) is 0 Å². The minimum Gasteiger partial charge on any atom is -0.457 e. The number of ether oxygens (including phenoxy) is 2. The van der Waals surface area contributed by atoms with Gasteiger partial charge in [0.25, 0.3) is 0 Å². The maximum atomic E-state index is 12.6. The molecule has 0 spiro atoms. The third-order valence-corrected chi connectivity index (χ3v) is 9.45. The molecule has 52 heavy (non-hydrogen) atoms. The summed E-state index contributed by atoms with van der Waals surface area (Å²) in [5.41, 5.74) is 0. The molecule has 0 aliphatic rings. The van der Waals surface area contributed by atoms with Gasteiger partial charge in [-0.05, 0) is 70.6 Å². The quantitative estimate of drug-likeness (QED) is 0.0243. The zero-order valence-electron chi connectivity index (χ0n) is 33.0. The number of hydrogen-bond donors (Lipinski definition) is 3. The van der Waals surface area contributed by atoms with E-state index in [0.717, 1.165) is 83.5 Å². The molecule has 3 unspecified atom stereocenters. The molecule has 304 valence electrons. The molecule has 9 nitrogen and oxygen atoms in total. The predicted octanol–water partition coefficient (Wildman–Crippen LogP) is 11.0. The smallest absolute Gasteiger partial charge is 0.457 e. The first kappa shape index (κ1) is 50.4. The van der Waals surface area contributed by atoms with Gasteiger partial charge in [-0.25, -0.2) is 4.57 Å². The fraction of sp³-hybridized carbons (Fsp3) is 0.786. The topological polar surface area (TPSA) is 132 Å². The van der Waals surface area contributed by atoms with Crippen molar-refractivity contribution in [2.45, 2.75) is 180 Å². The Kier molecular flexibility index (Phi) is 37.9. The Morgan fingerprint density at radius 1 is 0.615 bits per heavy atom. The van der Waals surface area contributed by atoms with E-state index < -0.39 is 39.2 Å². The summed E-state index contributed by atoms with van der Waals surface area (Å²) in [6.07, 6.45) is 42.1. The van der Waals surface area contributed by atoms with E-state index in [4.69, 9.17) is 23.6 Å². The van der Waals surface area contributed by atoms with Crippen molar-refractivity contribution < 1.29 is 43.0 Å². The fourth-order valence-corrected chi connectivity index (χ4v) is 6.15. The number of unbranched alkanes of at least 4 members (excludes halogenated alkanes) is 17. The summed E-state index contributed by atoms with van der Waals surface area (Å²) < 4.78 is 33.3. The summed E-state index contributed by atoms with van der Waals surface area (Å²) in [7, 11) is -4.52. The molecule has 0 saturated carbocycles. The van der Waals surface area contributed by atoms with E-state index in [1.54, 1.807) is 0 Å². The van der Waals surface area contributed by atoms with E-state index in [1.165, 1.54) is 64.2 Å². The normalized spacial score (nSPS) is 14.6. The summed E-state index contributed by atoms with van der Waals surface area (Å²) in [4.78, 5) is 22.5. The molecule has 0 rings (SSSR count). The Morgan fingerprint density at radius 2 is 1.10 bits per heavy atom. The van der Waals surface area contributed by atoms with Crippen molar-refractivity contribution in [1.82, 2.24) is 0 Å². The van der Waals surface area contributed by atoms with Gasteiger partial charge >= 0.3 is 13.8 Å². The molecule has 0 radical (unpaired) electrons. The predicted molar refractivity (Wildman–Crippen MR) is 214 cm³/mol. The zero-order valence-corrected chi connectivity index (χ0v) is 33.9. The lowest BCUT2D eigenvalue weighted by atomic mass is 10.1. The second-order valence-corrected chi connectivity index (χ2v) is 15.1. The summed E-state index contributed by atoms with van der Waals surface area (Å²) in [5.74, 6) is -0.397. The fourth-order valence-electron chi connectivity index (χ4n) is 5.36. The third-order valence-electron chi connectivity index (χ3n) is 8.50. The second kappa shape index (κ2) is 39.1. The van der Waals surface area contributed by atoms with Gasteiger partial charge < -0.3 is 24.6 Å². The number of allylic oxidation sites excluding steroid dienone is 8. The van der Waals surface area contributed by atoms with Crippen molar-refractivity contribution in [3.05, 3.63) is 48.6 Å². The number of phosphoric acid groups is 1. The van der Waals surface area contributed by atoms with Crippen LogP contribution in [0.5, 0.6) is 0 Å². The highest BCUT2D eigenvalue weighted by atomic mass is 31.2. The van der Waals surface area contributed by atoms with Gasteiger partial charge in [-0.3, -0.25) is 13.8 Å². The first-order valence-corrected chi connectivity index (χ1v) is 22.1. The van der Waals surface area contributed by atoms with E-state index in [9.17, 15) is 19.4 Å². The van der Waals surface area contributed by atoms with Crippen molar-refractivity contribution in [2.75, 3.05) is 33.0 Å². The molecule has 0 aliphatic heterocycles. The van der Waals surface area contributed by atoms with Gasteiger partial charge in [0, 0.05) is 13.0 Å². The largest absolute Gasteiger partial charge is 0.472 e. The number of phosphoric ester groups is 1. The molecule has 0 heterocycles. The molecule has 0 aromatic heterocycles. The Morgan fingerprint density at radius 3 is 1.67 bits per heavy atom. The van der Waals surface area contributed by atoms with Gasteiger partial charge in [0.2, 0.25) is 0 Å². The van der Waals surface area contributed by atoms with Crippen LogP contribution in [0.1, 0.15) is 168 Å². The highest BCUT2D eigenvalue weighted by Gasteiger charge is 2.26. The van der Waals surface area contributed by atoms with E-state index in [2.05, 4.69) is 62.5 Å². The van der Waals surface area contributed by atoms with E-state index >= 15 is 0 Å². The first-order valence-electron chi connectivity index (χ1n) is 20.6. The molecular formula is C42H77O9P. The van der Waals surface area contributed by atoms with Crippen LogP contribution in [-0.4, -0.2) is 66.3 Å². The second-order valence-electron chi connectivity index (χ2n) is 13.6. The van der Waals surface area contributed by atoms with Crippen LogP contribution in [0.3, 0.4) is 0 Å². The van der Waals surface area contributed by atoms with Gasteiger partial charge in [-0.15, -0.1) is 0 Å². The van der Waals surface area contributed by atoms with Gasteiger partial charge in [-0.1, -0.05) is 140 Å². The first-order chi connectivity index (χ1) is 25.3. The lowest BCUT2D eigenvalue weighted by molar-refractivity contribution is -0.154. The van der Waals surface area contributed by atoms with Crippen molar-refractivity contribution in [2.24, 2.45) is 0 Å². The van der Waals surface area contributed by atoms with Crippen LogP contribution in [0, 0.1) is 0 Å². The average molecular weight is 757 g/mol. The molecule has 0 aromatic rings. The molecule has 0 amide bonds. The molecule has 0 fully saturated rings. The Hall–Kier alpha value is -1.58. The van der Waals surface area contributed by atoms with Crippen LogP contribution in [-0.2, 0) is 27.9 Å². The maximum absolute atomic E-state index is 12.6. The van der Waals surface area contributed by atoms with Gasteiger partial charge in [0.1, 0.15) is 12.2 Å². The van der Waals surface area contributed by atoms with Crippen LogP contribution in [0.2, 0.25) is 0 Å². The molecular weight excluding hydrogens is 679 g/mol. The number of carbonyl (C=O) groups is 1. The minimum absolute atomic E-state index is 0.0315. The Labute approximate surface area is 317 Å². The SMILES string of the molecule is CC/C=C\C/C=C\C/C=C\CCCCCCOCC(COP(=O)(O)OCC(O)CO)OC(=O)CCCCCCCCC/C=C\CCCCCCCC. The highest BCUT2D eigenvalue weighted by Crippen LogP contribution is 2.43. The minimum atomic E-state index is -4.52. The van der Waals surface area contributed by atoms with E-state index in [0.29, 0.717) is 6.61 Å². The van der Waals surface area contributed by atoms with Gasteiger partial charge in [0.05, 0.1) is 26.4 Å². The number of carbonyl (C=O) groups excluding carboxylic acids is 1. The van der Waals surface area contributed by atoms with E-state index in [-0.39, 0.29) is 19.6 Å². The Balaban J connectivity index is 4.23. The van der Waals surface area contributed by atoms with Crippen molar-refractivity contribution in [1.29, 1.82) is 0 Å². The van der Waals surface area contributed by atoms with Crippen LogP contribution in [0.25, 0.3) is 0 Å². The lowest BCUT2D eigenvalue weighted by Gasteiger charge is -2.20. The Bertz CT molecular complexity index is 950. The van der Waals surface area contributed by atoms with Gasteiger partial charge in [0.15, 0.2) is 0 Å². The number of hydrogen-bond acceptors (Lipinski definition) is 8. The number of rotatable bonds is 39. The maximum Gasteiger partial charge on any atom is 0.472 e. The summed E-state index contributed by atoms with van der Waals surface area (Å²) in [6.45, 7) is 3.33. The van der Waals surface area contributed by atoms with Crippen molar-refractivity contribution in [3.63, 3.8) is 0 Å². The molecule has 0 aromatic carbocycles. The van der Waals surface area contributed by atoms with Crippen LogP contribution in [0.15, 0.2) is 48.6 Å². The summed E-state index contributed by atoms with van der Waals surface area (Å²) >= 11 is 0. The molecule has 3 N–H and O–H groups in total. The molecule has 0 bridgehead atoms. The molecule has 3 atom stereocenters. The van der Waals surface area contributed by atoms with Crippen molar-refractivity contribution >= 4 is 13.8 Å². The van der Waals surface area contributed by atoms with Crippen molar-refractivity contribution in [3.8, 4) is 0 Å². The van der Waals surface area contributed by atoms with Crippen LogP contribution >= 0.6 is 7.82 Å². The van der Waals surface area contributed by atoms with Crippen LogP contribution in [0.4, 0.5) is 0 Å². The number of aliphatic hydroxyl groups excluding tert-OH is 2. The third kappa shape index (κ3) is 38.2. The zero-order chi connectivity index (χ0) is 38.2. The summed E-state index contributed by atoms with van der Waals surface area (Å²) in [6, 6.07) is 0. The highest BCUT2D eigenvalue weighted by molar-refractivity contribution is 7.47. The number of aliphatic hydroxyl groups is 2. The molecule has 10 heteroatoms. The molecule has 0 aliphatic carbocycles. The summed E-state index contributed by atoms with van der Waals surface area (Å²) in [5, 5.41) is 18.3. The number of esters is 1. The molecule has 0 saturated heterocycles. The standard InChI is InChI=1S/C42H77O9P/c1-3-5-7-9-11-13-15-17-19-20-21-22-24-26-28-30-32-34-42(45)51-41(39-50-52(46,47)49-37-40(44)36-43)38-48-35-33-31-29-27-25-23-18-16-14-12-10-8-6-4-2/h6,8,12,14,17-19,23,40-41,43-44H,3-5,7,9-11,13,15-16,20-22,24-39H2,1-2H3,(H,46,47)/b8-6-,14-12-,19-17-,23-18-. The lowest BCUT2D eigenvalue weighted by Crippen LogP contribution is -2.29. The van der Waals surface area contributed by atoms with Crippen LogP contribution < -0.4 is 0 Å².